The number of carbonyl (C=O) groups is 1. The van der Waals surface area contributed by atoms with Gasteiger partial charge in [-0.25, -0.2) is 0 Å². The van der Waals surface area contributed by atoms with Crippen molar-refractivity contribution < 1.29 is 6.21 Å². The van der Waals surface area contributed by atoms with Gasteiger partial charge in [0.15, 0.2) is 0 Å². The van der Waals surface area contributed by atoms with Gasteiger partial charge in [0, 0.05) is 24.4 Å². The summed E-state index contributed by atoms with van der Waals surface area (Å²) in [7, 11) is 0. The van der Waals surface area contributed by atoms with Crippen molar-refractivity contribution in [1.29, 1.82) is 0 Å². The Morgan fingerprint density at radius 2 is 2.07 bits per heavy atom. The Kier molecular flexibility index (Phi) is 5.80. The molecule has 3 nitrogen and oxygen atoms in total. The van der Waals surface area contributed by atoms with E-state index in [1.807, 2.05) is 13.8 Å². The Balaban J connectivity index is 4.05. The quantitative estimate of drug-likeness (QED) is 0.622. The number of carbonyl (C=O) groups excluding carboxylic acids is 1. The van der Waals surface area contributed by atoms with Crippen molar-refractivity contribution in [2.45, 2.75) is 52.6 Å². The molecular formula is C11H24N2O. The van der Waals surface area contributed by atoms with Crippen LogP contribution >= 0.6 is 0 Å². The highest BCUT2D eigenvalue weighted by atomic mass is 16.1. The van der Waals surface area contributed by atoms with Crippen molar-refractivity contribution in [3.8, 4) is 0 Å². The first kappa shape index (κ1) is 11.7. The minimum atomic E-state index is 0.102. The first-order valence-corrected chi connectivity index (χ1v) is 5.40. The van der Waals surface area contributed by atoms with E-state index >= 15 is 0 Å². The van der Waals surface area contributed by atoms with Gasteiger partial charge in [-0.3, -0.25) is 4.79 Å². The van der Waals surface area contributed by atoms with Crippen LogP contribution in [0, 0.1) is 5.92 Å². The lowest BCUT2D eigenvalue weighted by Gasteiger charge is -2.20. The van der Waals surface area contributed by atoms with Crippen molar-refractivity contribution >= 4 is 5.78 Å². The lowest BCUT2D eigenvalue weighted by molar-refractivity contribution is -0.122. The molecule has 0 amide bonds. The summed E-state index contributed by atoms with van der Waals surface area (Å²) in [5.41, 5.74) is 2.37. The lowest BCUT2D eigenvalue weighted by Crippen LogP contribution is -2.38. The SMILES string of the molecule is [2H]NCC[C@@H](CC(=O)C(C)C)NC(C)C. The molecular weight excluding hydrogens is 176 g/mol. The summed E-state index contributed by atoms with van der Waals surface area (Å²) in [4.78, 5) is 11.6. The zero-order valence-electron chi connectivity index (χ0n) is 10.8. The third-order valence-electron chi connectivity index (χ3n) is 2.15. The van der Waals surface area contributed by atoms with Gasteiger partial charge in [0.1, 0.15) is 7.20 Å². The zero-order valence-corrected chi connectivity index (χ0v) is 9.76. The molecule has 0 aromatic heterocycles. The predicted molar refractivity (Wildman–Crippen MR) is 60.2 cm³/mol. The van der Waals surface area contributed by atoms with Gasteiger partial charge in [-0.15, -0.1) is 0 Å². The summed E-state index contributed by atoms with van der Waals surface area (Å²) in [6, 6.07) is 0.568. The third kappa shape index (κ3) is 6.11. The maximum atomic E-state index is 11.6. The predicted octanol–water partition coefficient (Wildman–Crippen LogP) is 1.32. The Labute approximate surface area is 88.9 Å². The summed E-state index contributed by atoms with van der Waals surface area (Å²) >= 11 is 0. The molecule has 1 atom stereocenters. The highest BCUT2D eigenvalue weighted by Gasteiger charge is 2.15. The minimum absolute atomic E-state index is 0.102. The van der Waals surface area contributed by atoms with Crippen LogP contribution in [0.15, 0.2) is 0 Å². The van der Waals surface area contributed by atoms with Crippen molar-refractivity contribution in [3.63, 3.8) is 0 Å². The fraction of sp³-hybridized carbons (Fsp3) is 0.909. The van der Waals surface area contributed by atoms with Gasteiger partial charge >= 0.3 is 0 Å². The van der Waals surface area contributed by atoms with E-state index in [2.05, 4.69) is 24.9 Å². The topological polar surface area (TPSA) is 55.1 Å². The van der Waals surface area contributed by atoms with E-state index < -0.39 is 0 Å². The van der Waals surface area contributed by atoms with E-state index in [9.17, 15) is 4.79 Å². The summed E-state index contributed by atoms with van der Waals surface area (Å²) in [6.45, 7) is 8.62. The first-order valence-electron chi connectivity index (χ1n) is 5.90. The molecule has 0 heterocycles. The van der Waals surface area contributed by atoms with Gasteiger partial charge < -0.3 is 11.0 Å². The molecule has 84 valence electrons. The highest BCUT2D eigenvalue weighted by molar-refractivity contribution is 5.80. The van der Waals surface area contributed by atoms with Crippen molar-refractivity contribution in [3.05, 3.63) is 0 Å². The molecule has 0 aliphatic heterocycles. The van der Waals surface area contributed by atoms with Crippen LogP contribution in [0.5, 0.6) is 0 Å². The van der Waals surface area contributed by atoms with E-state index in [-0.39, 0.29) is 17.7 Å². The Morgan fingerprint density at radius 1 is 1.43 bits per heavy atom. The number of hydrogen-bond donors (Lipinski definition) is 2. The smallest absolute Gasteiger partial charge is 0.136 e. The average Bonchev–Trinajstić information content (AvgIpc) is 2.13. The van der Waals surface area contributed by atoms with Crippen LogP contribution in [0.25, 0.3) is 0 Å². The molecule has 0 aliphatic rings. The number of Topliss-reactive ketones (excluding diaryl/α,β-unsaturated/α-hetero) is 1. The number of nitrogens with one attached hydrogen (secondary N) is 1. The molecule has 0 unspecified atom stereocenters. The summed E-state index contributed by atoms with van der Waals surface area (Å²) < 4.78 is 6.88. The lowest BCUT2D eigenvalue weighted by atomic mass is 9.99. The molecule has 0 bridgehead atoms. The van der Waals surface area contributed by atoms with Crippen LogP contribution in [0.3, 0.4) is 0 Å². The van der Waals surface area contributed by atoms with E-state index in [0.29, 0.717) is 19.0 Å². The fourth-order valence-electron chi connectivity index (χ4n) is 1.37. The zero-order chi connectivity index (χ0) is 11.8. The van der Waals surface area contributed by atoms with E-state index in [4.69, 9.17) is 1.41 Å². The van der Waals surface area contributed by atoms with Gasteiger partial charge in [0.25, 0.3) is 0 Å². The van der Waals surface area contributed by atoms with Gasteiger partial charge in [0.2, 0.25) is 0 Å². The molecule has 0 radical (unpaired) electrons. The van der Waals surface area contributed by atoms with Crippen LogP contribution in [0.1, 0.15) is 40.5 Å². The molecule has 0 saturated heterocycles. The van der Waals surface area contributed by atoms with Crippen molar-refractivity contribution in [2.24, 2.45) is 11.6 Å². The molecule has 0 aliphatic carbocycles. The largest absolute Gasteiger partial charge is 0.330 e. The third-order valence-corrected chi connectivity index (χ3v) is 2.15. The average molecular weight is 201 g/mol. The van der Waals surface area contributed by atoms with Crippen LogP contribution in [0.2, 0.25) is 1.41 Å². The van der Waals surface area contributed by atoms with Gasteiger partial charge in [-0.05, 0) is 13.0 Å². The molecule has 0 fully saturated rings. The number of hydrogen-bond acceptors (Lipinski definition) is 3. The van der Waals surface area contributed by atoms with Crippen molar-refractivity contribution in [2.75, 3.05) is 6.54 Å². The van der Waals surface area contributed by atoms with Crippen LogP contribution < -0.4 is 11.0 Å². The monoisotopic (exact) mass is 201 g/mol. The molecule has 3 heteroatoms. The van der Waals surface area contributed by atoms with Crippen LogP contribution in [0.4, 0.5) is 0 Å². The number of nitrogens with two attached hydrogens (primary N) is 1. The van der Waals surface area contributed by atoms with Gasteiger partial charge in [-0.1, -0.05) is 27.7 Å². The second-order valence-electron chi connectivity index (χ2n) is 4.38. The Bertz CT molecular complexity index is 183. The second-order valence-corrected chi connectivity index (χ2v) is 4.38. The number of rotatable bonds is 8. The first-order chi connectivity index (χ1) is 6.97. The standard InChI is InChI=1S/C11H24N2O/c1-8(2)11(14)7-10(5-6-12)13-9(3)4/h8-10,13H,5-7,12H2,1-4H3/t10-/m0/s1/i/hD. The summed E-state index contributed by atoms with van der Waals surface area (Å²) in [6.07, 6.45) is 1.39. The molecule has 0 aromatic carbocycles. The normalized spacial score (nSPS) is 14.6. The molecule has 0 rings (SSSR count). The minimum Gasteiger partial charge on any atom is -0.330 e. The van der Waals surface area contributed by atoms with Crippen molar-refractivity contribution in [1.82, 2.24) is 5.32 Å². The van der Waals surface area contributed by atoms with Gasteiger partial charge in [-0.2, -0.15) is 0 Å². The van der Waals surface area contributed by atoms with Crippen LogP contribution in [-0.2, 0) is 4.79 Å². The molecule has 0 saturated carbocycles. The maximum absolute atomic E-state index is 11.6. The molecule has 14 heavy (non-hydrogen) atoms. The van der Waals surface area contributed by atoms with Crippen LogP contribution in [-0.4, -0.2) is 24.4 Å². The molecule has 3 N–H and O–H groups in total. The molecule has 0 spiro atoms. The maximum Gasteiger partial charge on any atom is 0.136 e. The van der Waals surface area contributed by atoms with E-state index in [1.54, 1.807) is 0 Å². The second kappa shape index (κ2) is 6.96. The highest BCUT2D eigenvalue weighted by Crippen LogP contribution is 2.06. The summed E-state index contributed by atoms with van der Waals surface area (Å²) in [5, 5.41) is 3.36. The fourth-order valence-corrected chi connectivity index (χ4v) is 1.37. The number of ketones is 1. The Morgan fingerprint density at radius 3 is 2.50 bits per heavy atom. The Hall–Kier alpha value is -0.410. The van der Waals surface area contributed by atoms with E-state index in [1.165, 1.54) is 0 Å². The molecule has 0 aromatic rings. The van der Waals surface area contributed by atoms with E-state index in [0.717, 1.165) is 6.42 Å². The van der Waals surface area contributed by atoms with Gasteiger partial charge in [0.05, 0.1) is 0 Å². The summed E-state index contributed by atoms with van der Waals surface area (Å²) in [5.74, 6) is 0.392.